The minimum Gasteiger partial charge on any atom is -0.481 e. The highest BCUT2D eigenvalue weighted by molar-refractivity contribution is 5.94. The molecular formula is C14H18N2O3. The first-order valence-electron chi connectivity index (χ1n) is 6.47. The molecule has 102 valence electrons. The highest BCUT2D eigenvalue weighted by Crippen LogP contribution is 2.25. The highest BCUT2D eigenvalue weighted by atomic mass is 16.4. The van der Waals surface area contributed by atoms with Crippen molar-refractivity contribution < 1.29 is 14.7 Å². The highest BCUT2D eigenvalue weighted by Gasteiger charge is 2.36. The zero-order valence-corrected chi connectivity index (χ0v) is 11.2. The fourth-order valence-corrected chi connectivity index (χ4v) is 2.61. The zero-order chi connectivity index (χ0) is 14.0. The fraction of sp³-hybridized carbons (Fsp3) is 0.500. The predicted molar refractivity (Wildman–Crippen MR) is 69.8 cm³/mol. The molecule has 2 rings (SSSR count). The van der Waals surface area contributed by atoms with Crippen LogP contribution in [0.15, 0.2) is 18.3 Å². The second kappa shape index (κ2) is 5.38. The van der Waals surface area contributed by atoms with Gasteiger partial charge in [-0.15, -0.1) is 0 Å². The topological polar surface area (TPSA) is 70.5 Å². The van der Waals surface area contributed by atoms with Crippen LogP contribution in [0.5, 0.6) is 0 Å². The van der Waals surface area contributed by atoms with Crippen molar-refractivity contribution in [1.29, 1.82) is 0 Å². The van der Waals surface area contributed by atoms with Crippen LogP contribution in [0.1, 0.15) is 35.8 Å². The molecule has 1 N–H and O–H groups in total. The van der Waals surface area contributed by atoms with Crippen LogP contribution in [0, 0.1) is 12.8 Å². The van der Waals surface area contributed by atoms with Gasteiger partial charge in [-0.2, -0.15) is 0 Å². The average Bonchev–Trinajstić information content (AvgIpc) is 2.38. The summed E-state index contributed by atoms with van der Waals surface area (Å²) in [6.45, 7) is 4.23. The van der Waals surface area contributed by atoms with Gasteiger partial charge >= 0.3 is 5.97 Å². The lowest BCUT2D eigenvalue weighted by Gasteiger charge is -2.37. The number of pyridine rings is 1. The van der Waals surface area contributed by atoms with Gasteiger partial charge in [-0.25, -0.2) is 0 Å². The Morgan fingerprint density at radius 2 is 2.21 bits per heavy atom. The van der Waals surface area contributed by atoms with Crippen molar-refractivity contribution >= 4 is 11.9 Å². The third-order valence-electron chi connectivity index (χ3n) is 3.78. The zero-order valence-electron chi connectivity index (χ0n) is 11.2. The molecule has 1 aliphatic rings. The number of hydrogen-bond acceptors (Lipinski definition) is 3. The number of aromatic nitrogens is 1. The van der Waals surface area contributed by atoms with Crippen molar-refractivity contribution in [3.63, 3.8) is 0 Å². The Labute approximate surface area is 112 Å². The lowest BCUT2D eigenvalue weighted by atomic mass is 9.90. The maximum atomic E-state index is 12.5. The number of carbonyl (C=O) groups excluding carboxylic acids is 1. The van der Waals surface area contributed by atoms with Gasteiger partial charge in [-0.3, -0.25) is 14.6 Å². The molecule has 0 unspecified atom stereocenters. The van der Waals surface area contributed by atoms with Crippen LogP contribution >= 0.6 is 0 Å². The summed E-state index contributed by atoms with van der Waals surface area (Å²) in [5.41, 5.74) is 1.23. The number of likely N-dealkylation sites (tertiary alicyclic amines) is 1. The van der Waals surface area contributed by atoms with Crippen LogP contribution in [0.25, 0.3) is 0 Å². The van der Waals surface area contributed by atoms with Gasteiger partial charge < -0.3 is 10.0 Å². The molecule has 0 aromatic carbocycles. The van der Waals surface area contributed by atoms with Crippen LogP contribution in [0.4, 0.5) is 0 Å². The standard InChI is InChI=1S/C14H18N2O3/c1-9-5-3-7-15-12(9)13(17)16-8-4-6-11(10(16)2)14(18)19/h3,5,7,10-11H,4,6,8H2,1-2H3,(H,18,19)/t10-,11-/m1/s1. The monoisotopic (exact) mass is 262 g/mol. The molecule has 5 nitrogen and oxygen atoms in total. The summed E-state index contributed by atoms with van der Waals surface area (Å²) in [5.74, 6) is -1.49. The molecule has 0 saturated carbocycles. The van der Waals surface area contributed by atoms with E-state index in [9.17, 15) is 14.7 Å². The number of piperidine rings is 1. The first-order chi connectivity index (χ1) is 9.02. The molecule has 5 heteroatoms. The second-order valence-electron chi connectivity index (χ2n) is 5.00. The van der Waals surface area contributed by atoms with Crippen molar-refractivity contribution in [3.8, 4) is 0 Å². The van der Waals surface area contributed by atoms with Gasteiger partial charge in [0.05, 0.1) is 5.92 Å². The van der Waals surface area contributed by atoms with E-state index in [1.54, 1.807) is 24.1 Å². The van der Waals surface area contributed by atoms with Crippen LogP contribution in [0.2, 0.25) is 0 Å². The van der Waals surface area contributed by atoms with E-state index in [4.69, 9.17) is 0 Å². The SMILES string of the molecule is Cc1cccnc1C(=O)N1CCC[C@@H](C(=O)O)[C@H]1C. The minimum absolute atomic E-state index is 0.170. The molecule has 1 fully saturated rings. The van der Waals surface area contributed by atoms with E-state index in [-0.39, 0.29) is 11.9 Å². The Balaban J connectivity index is 2.24. The summed E-state index contributed by atoms with van der Waals surface area (Å²) < 4.78 is 0. The minimum atomic E-state index is -0.831. The largest absolute Gasteiger partial charge is 0.481 e. The fourth-order valence-electron chi connectivity index (χ4n) is 2.61. The number of hydrogen-bond donors (Lipinski definition) is 1. The van der Waals surface area contributed by atoms with E-state index in [0.29, 0.717) is 18.7 Å². The van der Waals surface area contributed by atoms with Gasteiger partial charge in [-0.05, 0) is 38.3 Å². The summed E-state index contributed by atoms with van der Waals surface area (Å²) in [7, 11) is 0. The van der Waals surface area contributed by atoms with Gasteiger partial charge in [-0.1, -0.05) is 6.07 Å². The molecule has 1 aromatic heterocycles. The Kier molecular flexibility index (Phi) is 3.83. The number of carboxylic acids is 1. The lowest BCUT2D eigenvalue weighted by Crippen LogP contribution is -2.49. The van der Waals surface area contributed by atoms with Crippen molar-refractivity contribution in [1.82, 2.24) is 9.88 Å². The maximum Gasteiger partial charge on any atom is 0.308 e. The first-order valence-corrected chi connectivity index (χ1v) is 6.47. The molecule has 1 aromatic rings. The van der Waals surface area contributed by atoms with Gasteiger partial charge in [0.1, 0.15) is 5.69 Å². The molecular weight excluding hydrogens is 244 g/mol. The van der Waals surface area contributed by atoms with E-state index in [1.807, 2.05) is 13.0 Å². The molecule has 2 heterocycles. The number of rotatable bonds is 2. The third-order valence-corrected chi connectivity index (χ3v) is 3.78. The second-order valence-corrected chi connectivity index (χ2v) is 5.00. The quantitative estimate of drug-likeness (QED) is 0.881. The average molecular weight is 262 g/mol. The molecule has 0 spiro atoms. The molecule has 0 aliphatic carbocycles. The number of carboxylic acid groups (broad SMARTS) is 1. The number of amides is 1. The smallest absolute Gasteiger partial charge is 0.308 e. The van der Waals surface area contributed by atoms with E-state index in [1.165, 1.54) is 0 Å². The summed E-state index contributed by atoms with van der Waals surface area (Å²) in [6, 6.07) is 3.33. The Morgan fingerprint density at radius 1 is 1.47 bits per heavy atom. The molecule has 2 atom stereocenters. The number of carbonyl (C=O) groups is 2. The Bertz CT molecular complexity index is 501. The molecule has 0 bridgehead atoms. The molecule has 1 amide bonds. The number of nitrogens with zero attached hydrogens (tertiary/aromatic N) is 2. The van der Waals surface area contributed by atoms with Crippen molar-refractivity contribution in [2.24, 2.45) is 5.92 Å². The van der Waals surface area contributed by atoms with E-state index in [0.717, 1.165) is 12.0 Å². The summed E-state index contributed by atoms with van der Waals surface area (Å²) in [6.07, 6.45) is 2.93. The van der Waals surface area contributed by atoms with Crippen molar-refractivity contribution in [2.45, 2.75) is 32.7 Å². The van der Waals surface area contributed by atoms with E-state index >= 15 is 0 Å². The number of aliphatic carboxylic acids is 1. The van der Waals surface area contributed by atoms with E-state index in [2.05, 4.69) is 4.98 Å². The Morgan fingerprint density at radius 3 is 2.84 bits per heavy atom. The van der Waals surface area contributed by atoms with Gasteiger partial charge in [0.2, 0.25) is 0 Å². The van der Waals surface area contributed by atoms with Crippen LogP contribution in [-0.4, -0.2) is 39.5 Å². The van der Waals surface area contributed by atoms with E-state index < -0.39 is 11.9 Å². The number of aryl methyl sites for hydroxylation is 1. The lowest BCUT2D eigenvalue weighted by molar-refractivity contribution is -0.144. The first kappa shape index (κ1) is 13.5. The molecule has 19 heavy (non-hydrogen) atoms. The third kappa shape index (κ3) is 2.59. The molecule has 1 saturated heterocycles. The van der Waals surface area contributed by atoms with Crippen LogP contribution < -0.4 is 0 Å². The van der Waals surface area contributed by atoms with Gasteiger partial charge in [0.25, 0.3) is 5.91 Å². The van der Waals surface area contributed by atoms with Crippen molar-refractivity contribution in [3.05, 3.63) is 29.6 Å². The Hall–Kier alpha value is -1.91. The maximum absolute atomic E-state index is 12.5. The molecule has 0 radical (unpaired) electrons. The summed E-state index contributed by atoms with van der Waals surface area (Å²) in [4.78, 5) is 29.4. The van der Waals surface area contributed by atoms with Crippen LogP contribution in [-0.2, 0) is 4.79 Å². The van der Waals surface area contributed by atoms with Gasteiger partial charge in [0.15, 0.2) is 0 Å². The molecule has 1 aliphatic heterocycles. The van der Waals surface area contributed by atoms with Crippen LogP contribution in [0.3, 0.4) is 0 Å². The van der Waals surface area contributed by atoms with Gasteiger partial charge in [0, 0.05) is 18.8 Å². The summed E-state index contributed by atoms with van der Waals surface area (Å²) in [5, 5.41) is 9.18. The summed E-state index contributed by atoms with van der Waals surface area (Å²) >= 11 is 0. The van der Waals surface area contributed by atoms with Crippen molar-refractivity contribution in [2.75, 3.05) is 6.54 Å². The normalized spacial score (nSPS) is 23.2. The predicted octanol–water partition coefficient (Wildman–Crippen LogP) is 1.72.